The van der Waals surface area contributed by atoms with Crippen LogP contribution in [-0.2, 0) is 17.6 Å². The Morgan fingerprint density at radius 2 is 1.61 bits per heavy atom. The van der Waals surface area contributed by atoms with Gasteiger partial charge in [0.15, 0.2) is 11.5 Å². The Morgan fingerprint density at radius 1 is 0.918 bits per heavy atom. The van der Waals surface area contributed by atoms with E-state index in [-0.39, 0.29) is 28.9 Å². The number of benzene rings is 2. The van der Waals surface area contributed by atoms with Crippen LogP contribution in [0.15, 0.2) is 36.4 Å². The van der Waals surface area contributed by atoms with E-state index in [9.17, 15) is 15.0 Å². The van der Waals surface area contributed by atoms with Crippen molar-refractivity contribution in [2.24, 2.45) is 23.2 Å². The molecule has 272 valence electrons. The van der Waals surface area contributed by atoms with Crippen molar-refractivity contribution in [1.82, 2.24) is 4.90 Å². The fourth-order valence-corrected chi connectivity index (χ4v) is 9.82. The number of unbranched alkanes of at least 4 members (excludes halogenated alkanes) is 8. The average molecular weight is 680 g/mol. The van der Waals surface area contributed by atoms with E-state index in [1.807, 2.05) is 30.3 Å². The van der Waals surface area contributed by atoms with Crippen molar-refractivity contribution < 1.29 is 28.9 Å². The van der Waals surface area contributed by atoms with Crippen LogP contribution >= 0.6 is 0 Å². The van der Waals surface area contributed by atoms with Gasteiger partial charge < -0.3 is 24.6 Å². The number of hydrogen-bond acceptors (Lipinski definition) is 5. The second-order valence-corrected chi connectivity index (χ2v) is 15.6. The number of carbonyl (C=O) groups excluding carboxylic acids is 1. The monoisotopic (exact) mass is 679 g/mol. The van der Waals surface area contributed by atoms with Crippen LogP contribution in [0.1, 0.15) is 126 Å². The van der Waals surface area contributed by atoms with Gasteiger partial charge in [-0.25, -0.2) is 4.39 Å². The second kappa shape index (κ2) is 17.4. The van der Waals surface area contributed by atoms with Crippen molar-refractivity contribution in [3.05, 3.63) is 53.1 Å². The standard InChI is InChI=1S/C42H62FNO5/c1-5-6-7-8-10-13-22-44(39(47)25-29-16-20-36(48-3)37(24-29)49-4)23-14-11-9-12-15-30-26-31-27-32(45)17-18-33(31)41-35(43)28-42(2)34(40(30)41)19-21-38(42)46/h16-18,20,24,27,30,34-35,38,40-41,45-46H,5-15,19,21-23,25-26,28H2,1-4H3/t30-,34+,35+,38+,40+,41+,42+/m1/s1. The number of phenolic OH excluding ortho intramolecular Hbond substituents is 1. The Hall–Kier alpha value is -2.80. The van der Waals surface area contributed by atoms with E-state index in [0.717, 1.165) is 94.0 Å². The normalized spacial score (nSPS) is 27.2. The molecule has 2 aromatic rings. The first-order chi connectivity index (χ1) is 23.7. The summed E-state index contributed by atoms with van der Waals surface area (Å²) in [5.74, 6) is 2.49. The number of carbonyl (C=O) groups is 1. The number of halogens is 1. The van der Waals surface area contributed by atoms with Gasteiger partial charge in [0.1, 0.15) is 11.9 Å². The van der Waals surface area contributed by atoms with Crippen LogP contribution in [-0.4, -0.2) is 60.6 Å². The largest absolute Gasteiger partial charge is 0.508 e. The molecule has 2 saturated carbocycles. The Bertz CT molecular complexity index is 1370. The summed E-state index contributed by atoms with van der Waals surface area (Å²) in [6.07, 6.45) is 14.4. The van der Waals surface area contributed by atoms with E-state index in [4.69, 9.17) is 9.47 Å². The summed E-state index contributed by atoms with van der Waals surface area (Å²) in [7, 11) is 3.24. The predicted octanol–water partition coefficient (Wildman–Crippen LogP) is 9.18. The van der Waals surface area contributed by atoms with Crippen LogP contribution in [0.3, 0.4) is 0 Å². The van der Waals surface area contributed by atoms with E-state index < -0.39 is 12.3 Å². The number of phenols is 1. The van der Waals surface area contributed by atoms with Crippen molar-refractivity contribution in [1.29, 1.82) is 0 Å². The van der Waals surface area contributed by atoms with E-state index in [1.54, 1.807) is 20.3 Å². The molecule has 0 heterocycles. The van der Waals surface area contributed by atoms with Gasteiger partial charge >= 0.3 is 0 Å². The van der Waals surface area contributed by atoms with Crippen molar-refractivity contribution in [3.63, 3.8) is 0 Å². The third-order valence-electron chi connectivity index (χ3n) is 12.5. The molecule has 0 unspecified atom stereocenters. The van der Waals surface area contributed by atoms with Crippen LogP contribution in [0.2, 0.25) is 0 Å². The maximum Gasteiger partial charge on any atom is 0.226 e. The zero-order valence-electron chi connectivity index (χ0n) is 30.6. The molecule has 6 nitrogen and oxygen atoms in total. The lowest BCUT2D eigenvalue weighted by Gasteiger charge is -2.54. The van der Waals surface area contributed by atoms with Crippen molar-refractivity contribution in [2.45, 2.75) is 135 Å². The van der Waals surface area contributed by atoms with E-state index in [2.05, 4.69) is 18.7 Å². The summed E-state index contributed by atoms with van der Waals surface area (Å²) in [6.45, 7) is 5.93. The molecule has 2 aromatic carbocycles. The summed E-state index contributed by atoms with van der Waals surface area (Å²) in [5, 5.41) is 21.2. The molecule has 3 aliphatic rings. The van der Waals surface area contributed by atoms with E-state index in [0.29, 0.717) is 36.2 Å². The number of aliphatic hydroxyl groups excluding tert-OH is 1. The SMILES string of the molecule is CCCCCCCCN(CCCCCC[C@@H]1Cc2cc(O)ccc2[C@@H]2[C@@H]1[C@@H]1CC[C@H](O)[C@@]1(C)C[C@@H]2F)C(=O)Cc1ccc(OC)c(OC)c1. The van der Waals surface area contributed by atoms with Gasteiger partial charge in [0, 0.05) is 19.0 Å². The number of hydrogen-bond donors (Lipinski definition) is 2. The van der Waals surface area contributed by atoms with Crippen LogP contribution < -0.4 is 9.47 Å². The molecular formula is C42H62FNO5. The molecule has 0 radical (unpaired) electrons. The molecule has 49 heavy (non-hydrogen) atoms. The van der Waals surface area contributed by atoms with Gasteiger partial charge in [0.05, 0.1) is 26.7 Å². The summed E-state index contributed by atoms with van der Waals surface area (Å²) in [5.41, 5.74) is 2.77. The Morgan fingerprint density at radius 3 is 2.33 bits per heavy atom. The molecule has 0 spiro atoms. The molecule has 7 atom stereocenters. The van der Waals surface area contributed by atoms with Gasteiger partial charge in [-0.1, -0.05) is 77.3 Å². The minimum absolute atomic E-state index is 0.148. The van der Waals surface area contributed by atoms with Gasteiger partial charge in [-0.3, -0.25) is 4.79 Å². The molecular weight excluding hydrogens is 617 g/mol. The van der Waals surface area contributed by atoms with Crippen molar-refractivity contribution >= 4 is 5.91 Å². The smallest absolute Gasteiger partial charge is 0.226 e. The molecule has 7 heteroatoms. The van der Waals surface area contributed by atoms with Crippen LogP contribution in [0, 0.1) is 23.2 Å². The van der Waals surface area contributed by atoms with Gasteiger partial charge in [-0.2, -0.15) is 0 Å². The van der Waals surface area contributed by atoms with Crippen LogP contribution in [0.25, 0.3) is 0 Å². The summed E-state index contributed by atoms with van der Waals surface area (Å²) >= 11 is 0. The number of fused-ring (bicyclic) bond motifs is 5. The molecule has 2 fully saturated rings. The molecule has 0 aromatic heterocycles. The second-order valence-electron chi connectivity index (χ2n) is 15.6. The lowest BCUT2D eigenvalue weighted by Crippen LogP contribution is -2.51. The van der Waals surface area contributed by atoms with Crippen LogP contribution in [0.4, 0.5) is 4.39 Å². The molecule has 2 N–H and O–H groups in total. The average Bonchev–Trinajstić information content (AvgIpc) is 3.38. The number of amides is 1. The minimum atomic E-state index is -0.973. The number of nitrogens with zero attached hydrogens (tertiary/aromatic N) is 1. The lowest BCUT2D eigenvalue weighted by atomic mass is 9.51. The molecule has 0 aliphatic heterocycles. The molecule has 0 bridgehead atoms. The van der Waals surface area contributed by atoms with Gasteiger partial charge in [0.2, 0.25) is 5.91 Å². The molecule has 3 aliphatic carbocycles. The van der Waals surface area contributed by atoms with Crippen molar-refractivity contribution in [2.75, 3.05) is 27.3 Å². The highest BCUT2D eigenvalue weighted by molar-refractivity contribution is 5.79. The van der Waals surface area contributed by atoms with Gasteiger partial charge in [-0.15, -0.1) is 0 Å². The van der Waals surface area contributed by atoms with Crippen molar-refractivity contribution in [3.8, 4) is 17.2 Å². The fraction of sp³-hybridized carbons (Fsp3) is 0.690. The topological polar surface area (TPSA) is 79.2 Å². The molecule has 5 rings (SSSR count). The highest BCUT2D eigenvalue weighted by Gasteiger charge is 2.59. The third kappa shape index (κ3) is 8.75. The lowest BCUT2D eigenvalue weighted by molar-refractivity contribution is -0.130. The Kier molecular flexibility index (Phi) is 13.3. The molecule has 1 amide bonds. The number of alkyl halides is 1. The highest BCUT2D eigenvalue weighted by atomic mass is 19.1. The number of aliphatic hydroxyl groups is 1. The maximum atomic E-state index is 16.1. The Balaban J connectivity index is 1.17. The van der Waals surface area contributed by atoms with Gasteiger partial charge in [0.25, 0.3) is 0 Å². The summed E-state index contributed by atoms with van der Waals surface area (Å²) < 4.78 is 27.0. The summed E-state index contributed by atoms with van der Waals surface area (Å²) in [6, 6.07) is 11.3. The first-order valence-corrected chi connectivity index (χ1v) is 19.3. The zero-order chi connectivity index (χ0) is 35.0. The minimum Gasteiger partial charge on any atom is -0.508 e. The number of methoxy groups -OCH3 is 2. The van der Waals surface area contributed by atoms with Gasteiger partial charge in [-0.05, 0) is 109 Å². The highest BCUT2D eigenvalue weighted by Crippen LogP contribution is 2.63. The van der Waals surface area contributed by atoms with Crippen LogP contribution in [0.5, 0.6) is 17.2 Å². The predicted molar refractivity (Wildman–Crippen MR) is 194 cm³/mol. The fourth-order valence-electron chi connectivity index (χ4n) is 9.82. The first-order valence-electron chi connectivity index (χ1n) is 19.3. The molecule has 0 saturated heterocycles. The number of aromatic hydroxyl groups is 1. The summed E-state index contributed by atoms with van der Waals surface area (Å²) in [4.78, 5) is 15.6. The quantitative estimate of drug-likeness (QED) is 0.154. The maximum absolute atomic E-state index is 16.1. The third-order valence-corrected chi connectivity index (χ3v) is 12.5. The number of rotatable bonds is 18. The zero-order valence-corrected chi connectivity index (χ0v) is 30.6. The number of ether oxygens (including phenoxy) is 2. The van der Waals surface area contributed by atoms with E-state index in [1.165, 1.54) is 25.7 Å². The Labute approximate surface area is 294 Å². The first kappa shape index (κ1) is 37.5. The van der Waals surface area contributed by atoms with E-state index >= 15 is 4.39 Å².